The molecule has 0 aromatic heterocycles. The number of unbranched alkanes of at least 4 members (excludes halogenated alkanes) is 2. The summed E-state index contributed by atoms with van der Waals surface area (Å²) >= 11 is 0. The van der Waals surface area contributed by atoms with Gasteiger partial charge in [0.05, 0.1) is 31.7 Å². The largest absolute Gasteiger partial charge is 0.481 e. The molecule has 0 amide bonds. The fourth-order valence-corrected chi connectivity index (χ4v) is 1.98. The minimum atomic E-state index is -1.38. The van der Waals surface area contributed by atoms with Gasteiger partial charge in [0.15, 0.2) is 0 Å². The highest BCUT2D eigenvalue weighted by Crippen LogP contribution is 2.23. The van der Waals surface area contributed by atoms with E-state index in [1.165, 1.54) is 6.92 Å². The predicted molar refractivity (Wildman–Crippen MR) is 84.1 cm³/mol. The Morgan fingerprint density at radius 3 is 1.87 bits per heavy atom. The van der Waals surface area contributed by atoms with Gasteiger partial charge in [0.1, 0.15) is 0 Å². The molecule has 2 N–H and O–H groups in total. The molecule has 0 heterocycles. The maximum atomic E-state index is 11.3. The third-order valence-corrected chi connectivity index (χ3v) is 3.40. The van der Waals surface area contributed by atoms with Crippen molar-refractivity contribution in [3.63, 3.8) is 0 Å². The monoisotopic (exact) mass is 334 g/mol. The fraction of sp³-hybridized carbons (Fsp3) is 0.875. The number of hydrogen-bond donors (Lipinski definition) is 2. The number of ether oxygens (including phenoxy) is 3. The van der Waals surface area contributed by atoms with E-state index < -0.39 is 36.4 Å². The lowest BCUT2D eigenvalue weighted by Crippen LogP contribution is -2.43. The molecule has 0 aromatic carbocycles. The molecule has 0 aliphatic rings. The Bertz CT molecular complexity index is 346. The second-order valence-corrected chi connectivity index (χ2v) is 5.63. The van der Waals surface area contributed by atoms with Crippen LogP contribution in [0.1, 0.15) is 59.8 Å². The van der Waals surface area contributed by atoms with Gasteiger partial charge in [0.2, 0.25) is 0 Å². The Hall–Kier alpha value is -1.18. The van der Waals surface area contributed by atoms with Crippen LogP contribution in [0.2, 0.25) is 0 Å². The summed E-state index contributed by atoms with van der Waals surface area (Å²) in [5.74, 6) is -4.95. The van der Waals surface area contributed by atoms with Crippen molar-refractivity contribution in [1.82, 2.24) is 0 Å². The van der Waals surface area contributed by atoms with Crippen molar-refractivity contribution in [2.45, 2.75) is 71.9 Å². The van der Waals surface area contributed by atoms with Crippen molar-refractivity contribution < 1.29 is 34.0 Å². The molecule has 0 fully saturated rings. The van der Waals surface area contributed by atoms with Gasteiger partial charge in [-0.05, 0) is 19.8 Å². The first-order chi connectivity index (χ1) is 10.8. The van der Waals surface area contributed by atoms with Crippen LogP contribution in [0.25, 0.3) is 0 Å². The third-order valence-electron chi connectivity index (χ3n) is 3.40. The normalized spacial score (nSPS) is 14.4. The van der Waals surface area contributed by atoms with Gasteiger partial charge in [0.25, 0.3) is 5.97 Å². The topological polar surface area (TPSA) is 102 Å². The summed E-state index contributed by atoms with van der Waals surface area (Å²) in [6, 6.07) is 0. The van der Waals surface area contributed by atoms with Crippen LogP contribution in [0.15, 0.2) is 0 Å². The minimum Gasteiger partial charge on any atom is -0.481 e. The van der Waals surface area contributed by atoms with E-state index in [-0.39, 0.29) is 0 Å². The Morgan fingerprint density at radius 1 is 1.04 bits per heavy atom. The van der Waals surface area contributed by atoms with E-state index in [4.69, 9.17) is 19.3 Å². The molecule has 0 saturated heterocycles. The Labute approximate surface area is 137 Å². The molecule has 136 valence electrons. The molecule has 7 heteroatoms. The van der Waals surface area contributed by atoms with Crippen molar-refractivity contribution in [1.29, 1.82) is 0 Å². The Kier molecular flexibility index (Phi) is 10.8. The molecule has 2 unspecified atom stereocenters. The number of rotatable bonds is 14. The summed E-state index contributed by atoms with van der Waals surface area (Å²) in [6.07, 6.45) is 2.15. The fourth-order valence-electron chi connectivity index (χ4n) is 1.98. The van der Waals surface area contributed by atoms with Gasteiger partial charge in [-0.15, -0.1) is 0 Å². The van der Waals surface area contributed by atoms with E-state index in [9.17, 15) is 14.7 Å². The number of carboxylic acid groups (broad SMARTS) is 2. The molecule has 0 saturated carbocycles. The molecule has 7 nitrogen and oxygen atoms in total. The highest BCUT2D eigenvalue weighted by atomic mass is 16.9. The standard InChI is InChI=1S/C16H30O7/c1-5-7-9-21-16(4,22-10-8-6-2)23-12(3)13(15(19)20)11-14(17)18/h12-13H,5-11H2,1-4H3,(H,17,18)(H,19,20). The van der Waals surface area contributed by atoms with Gasteiger partial charge in [-0.25, -0.2) is 0 Å². The van der Waals surface area contributed by atoms with Crippen LogP contribution < -0.4 is 0 Å². The summed E-state index contributed by atoms with van der Waals surface area (Å²) in [5.41, 5.74) is 0. The summed E-state index contributed by atoms with van der Waals surface area (Å²) in [6.45, 7) is 8.00. The number of hydrogen-bond acceptors (Lipinski definition) is 5. The van der Waals surface area contributed by atoms with E-state index >= 15 is 0 Å². The zero-order valence-electron chi connectivity index (χ0n) is 14.5. The highest BCUT2D eigenvalue weighted by Gasteiger charge is 2.36. The van der Waals surface area contributed by atoms with Crippen molar-refractivity contribution in [3.8, 4) is 0 Å². The van der Waals surface area contributed by atoms with Crippen molar-refractivity contribution in [3.05, 3.63) is 0 Å². The minimum absolute atomic E-state index is 0.419. The smallest absolute Gasteiger partial charge is 0.309 e. The lowest BCUT2D eigenvalue weighted by molar-refractivity contribution is -0.385. The molecule has 0 aromatic rings. The van der Waals surface area contributed by atoms with E-state index in [0.29, 0.717) is 13.2 Å². The Balaban J connectivity index is 4.85. The summed E-state index contributed by atoms with van der Waals surface area (Å²) < 4.78 is 16.9. The summed E-state index contributed by atoms with van der Waals surface area (Å²) in [5, 5.41) is 18.0. The van der Waals surface area contributed by atoms with Crippen LogP contribution in [0, 0.1) is 5.92 Å². The predicted octanol–water partition coefficient (Wildman–Crippen LogP) is 2.87. The maximum Gasteiger partial charge on any atom is 0.309 e. The summed E-state index contributed by atoms with van der Waals surface area (Å²) in [4.78, 5) is 22.1. The van der Waals surface area contributed by atoms with Gasteiger partial charge in [-0.2, -0.15) is 0 Å². The van der Waals surface area contributed by atoms with Gasteiger partial charge < -0.3 is 24.4 Å². The third kappa shape index (κ3) is 9.53. The van der Waals surface area contributed by atoms with Crippen LogP contribution in [0.5, 0.6) is 0 Å². The molecular weight excluding hydrogens is 304 g/mol. The zero-order chi connectivity index (χ0) is 17.9. The van der Waals surface area contributed by atoms with Crippen LogP contribution in [-0.4, -0.2) is 47.4 Å². The van der Waals surface area contributed by atoms with Gasteiger partial charge in [-0.3, -0.25) is 9.59 Å². The highest BCUT2D eigenvalue weighted by molar-refractivity contribution is 5.78. The molecular formula is C16H30O7. The number of aliphatic carboxylic acids is 2. The second kappa shape index (κ2) is 11.4. The van der Waals surface area contributed by atoms with Gasteiger partial charge in [-0.1, -0.05) is 26.7 Å². The van der Waals surface area contributed by atoms with Crippen LogP contribution in [0.4, 0.5) is 0 Å². The van der Waals surface area contributed by atoms with Crippen LogP contribution in [-0.2, 0) is 23.8 Å². The number of carboxylic acids is 2. The summed E-state index contributed by atoms with van der Waals surface area (Å²) in [7, 11) is 0. The molecule has 2 atom stereocenters. The first-order valence-corrected chi connectivity index (χ1v) is 8.16. The quantitative estimate of drug-likeness (QED) is 0.372. The molecule has 0 radical (unpaired) electrons. The Morgan fingerprint density at radius 2 is 1.52 bits per heavy atom. The molecule has 0 spiro atoms. The second-order valence-electron chi connectivity index (χ2n) is 5.63. The van der Waals surface area contributed by atoms with E-state index in [1.807, 2.05) is 13.8 Å². The first kappa shape index (κ1) is 21.8. The number of carbonyl (C=O) groups is 2. The molecule has 0 aliphatic heterocycles. The molecule has 0 bridgehead atoms. The first-order valence-electron chi connectivity index (χ1n) is 8.16. The van der Waals surface area contributed by atoms with E-state index in [0.717, 1.165) is 25.7 Å². The van der Waals surface area contributed by atoms with Crippen LogP contribution in [0.3, 0.4) is 0 Å². The average Bonchev–Trinajstić information content (AvgIpc) is 2.44. The van der Waals surface area contributed by atoms with Crippen LogP contribution >= 0.6 is 0 Å². The van der Waals surface area contributed by atoms with Crippen molar-refractivity contribution in [2.24, 2.45) is 5.92 Å². The lowest BCUT2D eigenvalue weighted by Gasteiger charge is -2.34. The average molecular weight is 334 g/mol. The maximum absolute atomic E-state index is 11.3. The van der Waals surface area contributed by atoms with E-state index in [1.54, 1.807) is 6.92 Å². The van der Waals surface area contributed by atoms with Crippen molar-refractivity contribution in [2.75, 3.05) is 13.2 Å². The van der Waals surface area contributed by atoms with Gasteiger partial charge >= 0.3 is 11.9 Å². The lowest BCUT2D eigenvalue weighted by atomic mass is 10.00. The SMILES string of the molecule is CCCCOC(C)(OCCCC)OC(C)C(CC(=O)O)C(=O)O. The molecule has 0 rings (SSSR count). The van der Waals surface area contributed by atoms with Gasteiger partial charge in [0, 0.05) is 6.92 Å². The van der Waals surface area contributed by atoms with E-state index in [2.05, 4.69) is 0 Å². The van der Waals surface area contributed by atoms with Crippen molar-refractivity contribution >= 4 is 11.9 Å². The molecule has 0 aliphatic carbocycles. The molecule has 23 heavy (non-hydrogen) atoms. The zero-order valence-corrected chi connectivity index (χ0v) is 14.5.